The van der Waals surface area contributed by atoms with Gasteiger partial charge >= 0.3 is 6.18 Å². The molecule has 1 fully saturated rings. The van der Waals surface area contributed by atoms with E-state index in [1.54, 1.807) is 0 Å². The zero-order valence-corrected chi connectivity index (χ0v) is 9.75. The second-order valence-electron chi connectivity index (χ2n) is 3.96. The van der Waals surface area contributed by atoms with Gasteiger partial charge in [0, 0.05) is 0 Å². The molecule has 0 aromatic carbocycles. The van der Waals surface area contributed by atoms with Gasteiger partial charge in [-0.3, -0.25) is 4.79 Å². The van der Waals surface area contributed by atoms with Gasteiger partial charge in [-0.2, -0.15) is 24.9 Å². The van der Waals surface area contributed by atoms with Crippen LogP contribution in [-0.2, 0) is 4.79 Å². The smallest absolute Gasteiger partial charge is 0.341 e. The Morgan fingerprint density at radius 3 is 2.50 bits per heavy atom. The normalized spacial score (nSPS) is 20.3. The van der Waals surface area contributed by atoms with E-state index in [1.807, 2.05) is 11.6 Å². The predicted molar refractivity (Wildman–Crippen MR) is 57.1 cm³/mol. The third kappa shape index (κ3) is 3.04. The molecular weight excluding hydrogens is 241 g/mol. The zero-order valence-electron chi connectivity index (χ0n) is 8.93. The summed E-state index contributed by atoms with van der Waals surface area (Å²) in [6.07, 6.45) is -2.22. The van der Waals surface area contributed by atoms with Crippen LogP contribution in [0.2, 0.25) is 0 Å². The lowest BCUT2D eigenvalue weighted by Gasteiger charge is -2.22. The summed E-state index contributed by atoms with van der Waals surface area (Å²) < 4.78 is 37.5. The molecule has 1 rings (SSSR count). The molecule has 7 heteroatoms. The second-order valence-corrected chi connectivity index (χ2v) is 4.94. The summed E-state index contributed by atoms with van der Waals surface area (Å²) in [5.74, 6) is -0.0444. The lowest BCUT2D eigenvalue weighted by Crippen LogP contribution is -2.53. The maximum Gasteiger partial charge on any atom is 0.411 e. The lowest BCUT2D eigenvalue weighted by molar-refractivity contribution is -0.170. The molecule has 94 valence electrons. The first-order valence-corrected chi connectivity index (χ1v) is 6.35. The monoisotopic (exact) mass is 256 g/mol. The SMILES string of the molecule is CSCC[C@H](N)C(=O)NC1(C(F)(F)F)CC1. The molecule has 3 nitrogen and oxygen atoms in total. The van der Waals surface area contributed by atoms with Gasteiger partial charge in [0.15, 0.2) is 0 Å². The molecule has 0 unspecified atom stereocenters. The van der Waals surface area contributed by atoms with Crippen LogP contribution in [0, 0.1) is 0 Å². The minimum Gasteiger partial charge on any atom is -0.341 e. The van der Waals surface area contributed by atoms with E-state index in [9.17, 15) is 18.0 Å². The Labute approximate surface area is 96.3 Å². The summed E-state index contributed by atoms with van der Waals surface area (Å²) in [5, 5.41) is 2.02. The zero-order chi connectivity index (χ0) is 12.4. The molecule has 1 atom stereocenters. The number of amides is 1. The predicted octanol–water partition coefficient (Wildman–Crippen LogP) is 1.28. The number of rotatable bonds is 5. The minimum absolute atomic E-state index is 0.0442. The maximum absolute atomic E-state index is 12.5. The van der Waals surface area contributed by atoms with E-state index in [0.717, 1.165) is 0 Å². The molecule has 1 aliphatic carbocycles. The van der Waals surface area contributed by atoms with E-state index in [4.69, 9.17) is 5.73 Å². The maximum atomic E-state index is 12.5. The van der Waals surface area contributed by atoms with E-state index in [0.29, 0.717) is 12.2 Å². The van der Waals surface area contributed by atoms with Crippen molar-refractivity contribution in [2.24, 2.45) is 5.73 Å². The molecule has 0 aliphatic heterocycles. The van der Waals surface area contributed by atoms with Crippen molar-refractivity contribution in [2.45, 2.75) is 37.0 Å². The van der Waals surface area contributed by atoms with E-state index in [-0.39, 0.29) is 12.8 Å². The number of halogens is 3. The molecule has 1 amide bonds. The highest BCUT2D eigenvalue weighted by Gasteiger charge is 2.64. The number of hydrogen-bond donors (Lipinski definition) is 2. The van der Waals surface area contributed by atoms with Crippen molar-refractivity contribution >= 4 is 17.7 Å². The Morgan fingerprint density at radius 1 is 1.56 bits per heavy atom. The largest absolute Gasteiger partial charge is 0.411 e. The van der Waals surface area contributed by atoms with E-state index in [1.165, 1.54) is 11.8 Å². The third-order valence-corrected chi connectivity index (χ3v) is 3.27. The molecule has 0 saturated heterocycles. The molecule has 0 bridgehead atoms. The number of carbonyl (C=O) groups is 1. The Morgan fingerprint density at radius 2 is 2.12 bits per heavy atom. The van der Waals surface area contributed by atoms with E-state index < -0.39 is 23.7 Å². The van der Waals surface area contributed by atoms with Gasteiger partial charge in [0.1, 0.15) is 5.54 Å². The highest BCUT2D eigenvalue weighted by atomic mass is 32.2. The van der Waals surface area contributed by atoms with Gasteiger partial charge < -0.3 is 11.1 Å². The number of nitrogens with two attached hydrogens (primary N) is 1. The molecular formula is C9H15F3N2OS. The van der Waals surface area contributed by atoms with Gasteiger partial charge in [-0.05, 0) is 31.3 Å². The van der Waals surface area contributed by atoms with Gasteiger partial charge in [0.05, 0.1) is 6.04 Å². The Hall–Kier alpha value is -0.430. The highest BCUT2D eigenvalue weighted by molar-refractivity contribution is 7.98. The van der Waals surface area contributed by atoms with E-state index in [2.05, 4.69) is 0 Å². The Bertz CT molecular complexity index is 266. The Balaban J connectivity index is 2.46. The summed E-state index contributed by atoms with van der Waals surface area (Å²) >= 11 is 1.50. The van der Waals surface area contributed by atoms with Crippen LogP contribution >= 0.6 is 11.8 Å². The van der Waals surface area contributed by atoms with Crippen molar-refractivity contribution in [3.63, 3.8) is 0 Å². The fourth-order valence-electron chi connectivity index (χ4n) is 1.31. The first kappa shape index (κ1) is 13.6. The summed E-state index contributed by atoms with van der Waals surface area (Å²) in [6, 6.07) is -0.854. The quantitative estimate of drug-likeness (QED) is 0.779. The van der Waals surface area contributed by atoms with Crippen LogP contribution in [-0.4, -0.2) is 35.7 Å². The number of carbonyl (C=O) groups excluding carboxylic acids is 1. The number of nitrogens with one attached hydrogen (secondary N) is 1. The second kappa shape index (κ2) is 4.83. The fraction of sp³-hybridized carbons (Fsp3) is 0.889. The molecule has 1 aliphatic rings. The van der Waals surface area contributed by atoms with Crippen molar-refractivity contribution in [3.8, 4) is 0 Å². The van der Waals surface area contributed by atoms with Crippen LogP contribution in [0.15, 0.2) is 0 Å². The molecule has 1 saturated carbocycles. The molecule has 0 radical (unpaired) electrons. The molecule has 16 heavy (non-hydrogen) atoms. The summed E-state index contributed by atoms with van der Waals surface area (Å²) in [4.78, 5) is 11.4. The lowest BCUT2D eigenvalue weighted by atomic mass is 10.2. The van der Waals surface area contributed by atoms with Crippen molar-refractivity contribution < 1.29 is 18.0 Å². The number of hydrogen-bond acceptors (Lipinski definition) is 3. The van der Waals surface area contributed by atoms with Crippen molar-refractivity contribution in [1.82, 2.24) is 5.32 Å². The highest BCUT2D eigenvalue weighted by Crippen LogP contribution is 2.48. The first-order valence-electron chi connectivity index (χ1n) is 4.96. The van der Waals surface area contributed by atoms with Crippen molar-refractivity contribution in [2.75, 3.05) is 12.0 Å². The van der Waals surface area contributed by atoms with Crippen LogP contribution in [0.25, 0.3) is 0 Å². The number of alkyl halides is 3. The van der Waals surface area contributed by atoms with Gasteiger partial charge in [-0.25, -0.2) is 0 Å². The minimum atomic E-state index is -4.37. The first-order chi connectivity index (χ1) is 7.32. The molecule has 3 N–H and O–H groups in total. The van der Waals surface area contributed by atoms with E-state index >= 15 is 0 Å². The van der Waals surface area contributed by atoms with Crippen LogP contribution in [0.4, 0.5) is 13.2 Å². The van der Waals surface area contributed by atoms with Crippen LogP contribution in [0.5, 0.6) is 0 Å². The average Bonchev–Trinajstić information content (AvgIpc) is 2.94. The number of thioether (sulfide) groups is 1. The summed E-state index contributed by atoms with van der Waals surface area (Å²) in [6.45, 7) is 0. The van der Waals surface area contributed by atoms with Gasteiger partial charge in [0.25, 0.3) is 0 Å². The van der Waals surface area contributed by atoms with Crippen LogP contribution in [0.1, 0.15) is 19.3 Å². The summed E-state index contributed by atoms with van der Waals surface area (Å²) in [5.41, 5.74) is 3.49. The third-order valence-electron chi connectivity index (χ3n) is 2.62. The van der Waals surface area contributed by atoms with Gasteiger partial charge in [-0.1, -0.05) is 0 Å². The van der Waals surface area contributed by atoms with Crippen molar-refractivity contribution in [3.05, 3.63) is 0 Å². The molecule has 0 aromatic heterocycles. The molecule has 0 aromatic rings. The van der Waals surface area contributed by atoms with Crippen molar-refractivity contribution in [1.29, 1.82) is 0 Å². The molecule has 0 heterocycles. The molecule has 0 spiro atoms. The topological polar surface area (TPSA) is 55.1 Å². The average molecular weight is 256 g/mol. The van der Waals surface area contributed by atoms with Gasteiger partial charge in [0.2, 0.25) is 5.91 Å². The Kier molecular flexibility index (Phi) is 4.12. The van der Waals surface area contributed by atoms with Gasteiger partial charge in [-0.15, -0.1) is 0 Å². The summed E-state index contributed by atoms with van der Waals surface area (Å²) in [7, 11) is 0. The van der Waals surface area contributed by atoms with Crippen LogP contribution < -0.4 is 11.1 Å². The van der Waals surface area contributed by atoms with Crippen LogP contribution in [0.3, 0.4) is 0 Å². The fourth-order valence-corrected chi connectivity index (χ4v) is 1.80. The standard InChI is InChI=1S/C9H15F3N2OS/c1-16-5-2-6(13)7(15)14-8(3-4-8)9(10,11)12/h6H,2-5,13H2,1H3,(H,14,15)/t6-/m0/s1.